The molecule has 2 aliphatic heterocycles. The van der Waals surface area contributed by atoms with Gasteiger partial charge in [-0.3, -0.25) is 24.0 Å². The topological polar surface area (TPSA) is 110 Å². The summed E-state index contributed by atoms with van der Waals surface area (Å²) < 4.78 is 0. The second-order valence-corrected chi connectivity index (χ2v) is 4.56. The average Bonchev–Trinajstić information content (AvgIpc) is 2.92. The standard InChI is InChI=1S/C12H14N2O7/c15-8-3-4-9(16)13(8)20-7-1-2-12(19)21-14-10(17)5-6-11(14)18/h1-7H2. The predicted molar refractivity (Wildman–Crippen MR) is 63.5 cm³/mol. The molecule has 21 heavy (non-hydrogen) atoms. The Kier molecular flexibility index (Phi) is 4.63. The number of nitrogens with zero attached hydrogens (tertiary/aromatic N) is 2. The van der Waals surface area contributed by atoms with Gasteiger partial charge in [0.05, 0.1) is 13.0 Å². The van der Waals surface area contributed by atoms with Gasteiger partial charge in [-0.25, -0.2) is 4.79 Å². The Balaban J connectivity index is 1.65. The fraction of sp³-hybridized carbons (Fsp3) is 0.583. The Bertz CT molecular complexity index is 470. The third kappa shape index (κ3) is 3.63. The normalized spacial score (nSPS) is 18.9. The van der Waals surface area contributed by atoms with Gasteiger partial charge in [-0.2, -0.15) is 5.06 Å². The van der Waals surface area contributed by atoms with Crippen molar-refractivity contribution in [2.75, 3.05) is 6.61 Å². The Labute approximate surface area is 119 Å². The van der Waals surface area contributed by atoms with Crippen molar-refractivity contribution in [2.45, 2.75) is 38.5 Å². The molecule has 0 aromatic heterocycles. The Morgan fingerprint density at radius 3 is 1.86 bits per heavy atom. The van der Waals surface area contributed by atoms with E-state index in [0.29, 0.717) is 10.1 Å². The van der Waals surface area contributed by atoms with Crippen LogP contribution in [0.4, 0.5) is 0 Å². The molecular weight excluding hydrogens is 284 g/mol. The Hall–Kier alpha value is -2.29. The molecule has 9 nitrogen and oxygen atoms in total. The first-order valence-electron chi connectivity index (χ1n) is 6.54. The lowest BCUT2D eigenvalue weighted by Crippen LogP contribution is -2.32. The molecule has 0 radical (unpaired) electrons. The maximum Gasteiger partial charge on any atom is 0.333 e. The van der Waals surface area contributed by atoms with Crippen LogP contribution in [0.1, 0.15) is 38.5 Å². The number of imide groups is 2. The van der Waals surface area contributed by atoms with E-state index < -0.39 is 29.6 Å². The highest BCUT2D eigenvalue weighted by Crippen LogP contribution is 2.14. The van der Waals surface area contributed by atoms with Crippen LogP contribution in [-0.4, -0.2) is 46.3 Å². The molecule has 2 aliphatic rings. The predicted octanol–water partition coefficient (Wildman–Crippen LogP) is -0.546. The number of hydrogen-bond donors (Lipinski definition) is 0. The minimum Gasteiger partial charge on any atom is -0.330 e. The monoisotopic (exact) mass is 298 g/mol. The van der Waals surface area contributed by atoms with Gasteiger partial charge in [0.25, 0.3) is 23.6 Å². The summed E-state index contributed by atoms with van der Waals surface area (Å²) in [5.41, 5.74) is 0. The van der Waals surface area contributed by atoms with Crippen molar-refractivity contribution >= 4 is 29.6 Å². The molecule has 4 amide bonds. The lowest BCUT2D eigenvalue weighted by molar-refractivity contribution is -0.199. The van der Waals surface area contributed by atoms with E-state index in [-0.39, 0.29) is 45.1 Å². The fourth-order valence-corrected chi connectivity index (χ4v) is 1.88. The van der Waals surface area contributed by atoms with Gasteiger partial charge >= 0.3 is 5.97 Å². The molecule has 0 aliphatic carbocycles. The fourth-order valence-electron chi connectivity index (χ4n) is 1.88. The average molecular weight is 298 g/mol. The second-order valence-electron chi connectivity index (χ2n) is 4.56. The Morgan fingerprint density at radius 2 is 1.33 bits per heavy atom. The molecular formula is C12H14N2O7. The van der Waals surface area contributed by atoms with E-state index in [1.54, 1.807) is 0 Å². The van der Waals surface area contributed by atoms with Gasteiger partial charge in [-0.1, -0.05) is 0 Å². The summed E-state index contributed by atoms with van der Waals surface area (Å²) in [4.78, 5) is 65.9. The molecule has 0 spiro atoms. The van der Waals surface area contributed by atoms with Crippen LogP contribution in [0.15, 0.2) is 0 Å². The molecule has 2 rings (SSSR count). The number of carbonyl (C=O) groups is 5. The van der Waals surface area contributed by atoms with E-state index in [4.69, 9.17) is 4.84 Å². The SMILES string of the molecule is O=C(CCCON1C(=O)CCC1=O)ON1C(=O)CCC1=O. The molecule has 9 heteroatoms. The van der Waals surface area contributed by atoms with Crippen molar-refractivity contribution in [3.8, 4) is 0 Å². The number of carbonyl (C=O) groups excluding carboxylic acids is 5. The largest absolute Gasteiger partial charge is 0.333 e. The maximum atomic E-state index is 11.4. The summed E-state index contributed by atoms with van der Waals surface area (Å²) in [7, 11) is 0. The lowest BCUT2D eigenvalue weighted by Gasteiger charge is -2.14. The minimum atomic E-state index is -0.749. The van der Waals surface area contributed by atoms with Gasteiger partial charge in [0, 0.05) is 25.7 Å². The smallest absolute Gasteiger partial charge is 0.330 e. The van der Waals surface area contributed by atoms with Crippen LogP contribution in [0.5, 0.6) is 0 Å². The quantitative estimate of drug-likeness (QED) is 0.478. The summed E-state index contributed by atoms with van der Waals surface area (Å²) in [5, 5.41) is 1.16. The highest BCUT2D eigenvalue weighted by molar-refractivity contribution is 6.01. The first-order chi connectivity index (χ1) is 9.99. The Morgan fingerprint density at radius 1 is 0.857 bits per heavy atom. The highest BCUT2D eigenvalue weighted by atomic mass is 16.7. The molecule has 114 valence electrons. The molecule has 0 atom stereocenters. The molecule has 2 saturated heterocycles. The highest BCUT2D eigenvalue weighted by Gasteiger charge is 2.33. The van der Waals surface area contributed by atoms with Crippen molar-refractivity contribution in [1.29, 1.82) is 0 Å². The van der Waals surface area contributed by atoms with E-state index in [9.17, 15) is 24.0 Å². The summed E-state index contributed by atoms with van der Waals surface area (Å²) >= 11 is 0. The van der Waals surface area contributed by atoms with Crippen LogP contribution >= 0.6 is 0 Å². The first-order valence-corrected chi connectivity index (χ1v) is 6.54. The van der Waals surface area contributed by atoms with Crippen molar-refractivity contribution < 1.29 is 33.6 Å². The zero-order valence-corrected chi connectivity index (χ0v) is 11.2. The molecule has 2 heterocycles. The van der Waals surface area contributed by atoms with Crippen LogP contribution in [0.2, 0.25) is 0 Å². The number of hydroxylamine groups is 4. The molecule has 0 aromatic carbocycles. The van der Waals surface area contributed by atoms with E-state index in [0.717, 1.165) is 0 Å². The summed E-state index contributed by atoms with van der Waals surface area (Å²) in [6.45, 7) is -0.0194. The second kappa shape index (κ2) is 6.44. The molecule has 2 fully saturated rings. The van der Waals surface area contributed by atoms with Crippen LogP contribution in [0.25, 0.3) is 0 Å². The van der Waals surface area contributed by atoms with Crippen LogP contribution < -0.4 is 0 Å². The van der Waals surface area contributed by atoms with Gasteiger partial charge in [0.1, 0.15) is 0 Å². The van der Waals surface area contributed by atoms with E-state index in [1.807, 2.05) is 0 Å². The third-order valence-corrected chi connectivity index (χ3v) is 2.95. The van der Waals surface area contributed by atoms with Crippen LogP contribution in [0, 0.1) is 0 Å². The van der Waals surface area contributed by atoms with Gasteiger partial charge in [-0.05, 0) is 6.42 Å². The number of hydrogen-bond acceptors (Lipinski definition) is 7. The zero-order chi connectivity index (χ0) is 15.4. The molecule has 0 aromatic rings. The lowest BCUT2D eigenvalue weighted by atomic mass is 10.3. The zero-order valence-electron chi connectivity index (χ0n) is 11.2. The van der Waals surface area contributed by atoms with E-state index in [1.165, 1.54) is 0 Å². The van der Waals surface area contributed by atoms with Gasteiger partial charge in [0.15, 0.2) is 0 Å². The maximum absolute atomic E-state index is 11.4. The van der Waals surface area contributed by atoms with Crippen LogP contribution in [0.3, 0.4) is 0 Å². The van der Waals surface area contributed by atoms with E-state index in [2.05, 4.69) is 4.84 Å². The minimum absolute atomic E-state index is 0.0194. The van der Waals surface area contributed by atoms with Crippen LogP contribution in [-0.2, 0) is 33.6 Å². The summed E-state index contributed by atoms with van der Waals surface area (Å²) in [6, 6.07) is 0. The van der Waals surface area contributed by atoms with Gasteiger partial charge < -0.3 is 4.84 Å². The van der Waals surface area contributed by atoms with Gasteiger partial charge in [0.2, 0.25) is 0 Å². The summed E-state index contributed by atoms with van der Waals surface area (Å²) in [5.74, 6) is -2.65. The van der Waals surface area contributed by atoms with Crippen molar-refractivity contribution in [2.24, 2.45) is 0 Å². The van der Waals surface area contributed by atoms with Crippen molar-refractivity contribution in [3.05, 3.63) is 0 Å². The first kappa shape index (κ1) is 15.1. The molecule has 0 unspecified atom stereocenters. The number of amides is 4. The van der Waals surface area contributed by atoms with E-state index >= 15 is 0 Å². The number of rotatable bonds is 6. The molecule has 0 saturated carbocycles. The van der Waals surface area contributed by atoms with Gasteiger partial charge in [-0.15, -0.1) is 5.06 Å². The molecule has 0 N–H and O–H groups in total. The molecule has 0 bridgehead atoms. The van der Waals surface area contributed by atoms with Crippen molar-refractivity contribution in [3.63, 3.8) is 0 Å². The summed E-state index contributed by atoms with van der Waals surface area (Å²) in [6.07, 6.45) is 0.405. The van der Waals surface area contributed by atoms with Crippen molar-refractivity contribution in [1.82, 2.24) is 10.1 Å². The third-order valence-electron chi connectivity index (χ3n) is 2.95.